The van der Waals surface area contributed by atoms with Gasteiger partial charge in [-0.15, -0.1) is 0 Å². The summed E-state index contributed by atoms with van der Waals surface area (Å²) in [7, 11) is 1.26. The van der Waals surface area contributed by atoms with E-state index in [9.17, 15) is 9.59 Å². The molecular weight excluding hydrogens is 196 g/mol. The van der Waals surface area contributed by atoms with E-state index in [4.69, 9.17) is 0 Å². The maximum atomic E-state index is 11.6. The van der Waals surface area contributed by atoms with Gasteiger partial charge in [-0.3, -0.25) is 14.3 Å². The van der Waals surface area contributed by atoms with Crippen molar-refractivity contribution >= 4 is 11.8 Å². The lowest BCUT2D eigenvalue weighted by atomic mass is 10.1. The molecule has 1 aromatic heterocycles. The van der Waals surface area contributed by atoms with Crippen LogP contribution in [0.4, 0.5) is 0 Å². The second kappa shape index (κ2) is 4.72. The van der Waals surface area contributed by atoms with Crippen LogP contribution in [0.5, 0.6) is 0 Å². The smallest absolute Gasteiger partial charge is 0.313 e. The molecule has 0 bridgehead atoms. The topological polar surface area (TPSA) is 61.2 Å². The number of esters is 1. The number of ether oxygens (including phenoxy) is 1. The predicted molar refractivity (Wildman–Crippen MR) is 53.6 cm³/mol. The maximum Gasteiger partial charge on any atom is 0.313 e. The van der Waals surface area contributed by atoms with Gasteiger partial charge in [-0.1, -0.05) is 0 Å². The zero-order valence-corrected chi connectivity index (χ0v) is 9.11. The van der Waals surface area contributed by atoms with Crippen molar-refractivity contribution in [2.45, 2.75) is 26.8 Å². The normalized spacial score (nSPS) is 10.1. The number of carbonyl (C=O) groups is 2. The molecule has 0 aromatic carbocycles. The lowest BCUT2D eigenvalue weighted by Gasteiger charge is -1.97. The fraction of sp³-hybridized carbons (Fsp3) is 0.500. The number of ketones is 1. The van der Waals surface area contributed by atoms with Crippen molar-refractivity contribution < 1.29 is 14.3 Å². The van der Waals surface area contributed by atoms with Crippen molar-refractivity contribution in [1.82, 2.24) is 9.78 Å². The summed E-state index contributed by atoms with van der Waals surface area (Å²) >= 11 is 0. The summed E-state index contributed by atoms with van der Waals surface area (Å²) in [5, 5.41) is 4.13. The molecule has 1 rings (SSSR count). The van der Waals surface area contributed by atoms with E-state index in [2.05, 4.69) is 9.84 Å². The zero-order valence-electron chi connectivity index (χ0n) is 9.11. The van der Waals surface area contributed by atoms with E-state index in [1.54, 1.807) is 17.8 Å². The van der Waals surface area contributed by atoms with Gasteiger partial charge in [0.15, 0.2) is 5.78 Å². The molecule has 0 spiro atoms. The molecule has 5 nitrogen and oxygen atoms in total. The van der Waals surface area contributed by atoms with Crippen molar-refractivity contribution in [3.8, 4) is 0 Å². The van der Waals surface area contributed by atoms with Crippen LogP contribution in [0.25, 0.3) is 0 Å². The number of methoxy groups -OCH3 is 1. The molecule has 0 aliphatic rings. The van der Waals surface area contributed by atoms with Gasteiger partial charge < -0.3 is 4.74 Å². The van der Waals surface area contributed by atoms with Crippen LogP contribution in [0, 0.1) is 6.92 Å². The summed E-state index contributed by atoms with van der Waals surface area (Å²) in [4.78, 5) is 22.5. The summed E-state index contributed by atoms with van der Waals surface area (Å²) < 4.78 is 6.09. The van der Waals surface area contributed by atoms with Gasteiger partial charge >= 0.3 is 5.97 Å². The third kappa shape index (κ3) is 2.65. The molecule has 0 fully saturated rings. The fourth-order valence-corrected chi connectivity index (χ4v) is 1.25. The van der Waals surface area contributed by atoms with Gasteiger partial charge in [-0.05, 0) is 13.8 Å². The average Bonchev–Trinajstić information content (AvgIpc) is 2.59. The lowest BCUT2D eigenvalue weighted by Crippen LogP contribution is -2.09. The molecule has 0 atom stereocenters. The molecule has 15 heavy (non-hydrogen) atoms. The van der Waals surface area contributed by atoms with Crippen LogP contribution in [-0.4, -0.2) is 28.6 Å². The average molecular weight is 210 g/mol. The minimum Gasteiger partial charge on any atom is -0.469 e. The molecule has 0 unspecified atom stereocenters. The van der Waals surface area contributed by atoms with Gasteiger partial charge in [0.25, 0.3) is 0 Å². The largest absolute Gasteiger partial charge is 0.469 e. The van der Waals surface area contributed by atoms with E-state index in [0.717, 1.165) is 0 Å². The molecule has 0 aliphatic carbocycles. The Morgan fingerprint density at radius 2 is 2.20 bits per heavy atom. The lowest BCUT2D eigenvalue weighted by molar-refractivity contribution is -0.139. The van der Waals surface area contributed by atoms with Gasteiger partial charge in [0.2, 0.25) is 0 Å². The van der Waals surface area contributed by atoms with Crippen LogP contribution >= 0.6 is 0 Å². The van der Waals surface area contributed by atoms with Crippen LogP contribution in [0.15, 0.2) is 6.20 Å². The first-order chi connectivity index (χ1) is 7.08. The van der Waals surface area contributed by atoms with Crippen molar-refractivity contribution in [1.29, 1.82) is 0 Å². The van der Waals surface area contributed by atoms with Gasteiger partial charge in [0.05, 0.1) is 18.4 Å². The Morgan fingerprint density at radius 1 is 1.53 bits per heavy atom. The van der Waals surface area contributed by atoms with Gasteiger partial charge in [0.1, 0.15) is 6.42 Å². The molecule has 0 saturated heterocycles. The first kappa shape index (κ1) is 11.4. The van der Waals surface area contributed by atoms with E-state index < -0.39 is 5.97 Å². The van der Waals surface area contributed by atoms with E-state index in [0.29, 0.717) is 17.8 Å². The summed E-state index contributed by atoms with van der Waals surface area (Å²) in [6, 6.07) is 0. The van der Waals surface area contributed by atoms with Crippen molar-refractivity contribution in [3.05, 3.63) is 17.5 Å². The Morgan fingerprint density at radius 3 is 2.67 bits per heavy atom. The molecule has 0 radical (unpaired) electrons. The van der Waals surface area contributed by atoms with Gasteiger partial charge in [0, 0.05) is 12.7 Å². The number of rotatable bonds is 4. The molecule has 0 amide bonds. The predicted octanol–water partition coefficient (Wildman–Crippen LogP) is 0.957. The molecule has 82 valence electrons. The molecule has 5 heteroatoms. The second-order valence-electron chi connectivity index (χ2n) is 3.16. The summed E-state index contributed by atoms with van der Waals surface area (Å²) in [5.74, 6) is -0.775. The molecule has 1 aromatic rings. The van der Waals surface area contributed by atoms with Crippen LogP contribution in [0.3, 0.4) is 0 Å². The van der Waals surface area contributed by atoms with Crippen LogP contribution < -0.4 is 0 Å². The van der Waals surface area contributed by atoms with Crippen molar-refractivity contribution in [2.24, 2.45) is 0 Å². The minimum absolute atomic E-state index is 0.229. The van der Waals surface area contributed by atoms with E-state index in [1.165, 1.54) is 7.11 Å². The molecule has 0 saturated carbocycles. The zero-order chi connectivity index (χ0) is 11.4. The Bertz CT molecular complexity index is 382. The third-order valence-corrected chi connectivity index (χ3v) is 2.10. The number of nitrogens with zero attached hydrogens (tertiary/aromatic N) is 2. The van der Waals surface area contributed by atoms with Crippen LogP contribution in [-0.2, 0) is 16.1 Å². The quantitative estimate of drug-likeness (QED) is 0.422. The number of Topliss-reactive ketones (excluding diaryl/α,β-unsaturated/α-hetero) is 1. The van der Waals surface area contributed by atoms with Gasteiger partial charge in [-0.2, -0.15) is 5.10 Å². The number of aromatic nitrogens is 2. The summed E-state index contributed by atoms with van der Waals surface area (Å²) in [6.07, 6.45) is 1.42. The molecule has 0 N–H and O–H groups in total. The van der Waals surface area contributed by atoms with Gasteiger partial charge in [-0.25, -0.2) is 0 Å². The van der Waals surface area contributed by atoms with E-state index in [-0.39, 0.29) is 12.2 Å². The SMILES string of the molecule is CCn1cc(C(=O)CC(=O)OC)c(C)n1. The Labute approximate surface area is 88.0 Å². The number of carbonyl (C=O) groups excluding carboxylic acids is 2. The van der Waals surface area contributed by atoms with Crippen LogP contribution in [0.2, 0.25) is 0 Å². The van der Waals surface area contributed by atoms with E-state index >= 15 is 0 Å². The number of hydrogen-bond acceptors (Lipinski definition) is 4. The number of hydrogen-bond donors (Lipinski definition) is 0. The third-order valence-electron chi connectivity index (χ3n) is 2.10. The summed E-state index contributed by atoms with van der Waals surface area (Å²) in [6.45, 7) is 4.38. The van der Waals surface area contributed by atoms with Crippen molar-refractivity contribution in [2.75, 3.05) is 7.11 Å². The standard InChI is InChI=1S/C10H14N2O3/c1-4-12-6-8(7(2)11-12)9(13)5-10(14)15-3/h6H,4-5H2,1-3H3. The second-order valence-corrected chi connectivity index (χ2v) is 3.16. The molecule has 1 heterocycles. The first-order valence-electron chi connectivity index (χ1n) is 4.72. The Balaban J connectivity index is 2.81. The fourth-order valence-electron chi connectivity index (χ4n) is 1.25. The Hall–Kier alpha value is -1.65. The van der Waals surface area contributed by atoms with Crippen LogP contribution in [0.1, 0.15) is 29.4 Å². The maximum absolute atomic E-state index is 11.6. The van der Waals surface area contributed by atoms with E-state index in [1.807, 2.05) is 6.92 Å². The minimum atomic E-state index is -0.524. The highest BCUT2D eigenvalue weighted by molar-refractivity contribution is 6.06. The summed E-state index contributed by atoms with van der Waals surface area (Å²) in [5.41, 5.74) is 1.13. The van der Waals surface area contributed by atoms with Crippen molar-refractivity contribution in [3.63, 3.8) is 0 Å². The number of aryl methyl sites for hydroxylation is 2. The Kier molecular flexibility index (Phi) is 3.60. The molecular formula is C10H14N2O3. The highest BCUT2D eigenvalue weighted by atomic mass is 16.5. The molecule has 0 aliphatic heterocycles. The highest BCUT2D eigenvalue weighted by Gasteiger charge is 2.16. The first-order valence-corrected chi connectivity index (χ1v) is 4.72. The monoisotopic (exact) mass is 210 g/mol. The highest BCUT2D eigenvalue weighted by Crippen LogP contribution is 2.09.